The number of para-hydroxylation sites is 1. The number of carbonyl (C=O) groups excluding carboxylic acids is 1. The molecule has 1 aromatic rings. The van der Waals surface area contributed by atoms with Crippen molar-refractivity contribution in [2.75, 3.05) is 6.54 Å². The summed E-state index contributed by atoms with van der Waals surface area (Å²) in [5.41, 5.74) is 6.42. The normalized spacial score (nSPS) is 14.8. The Morgan fingerprint density at radius 3 is 2.84 bits per heavy atom. The van der Waals surface area contributed by atoms with Crippen LogP contribution in [0.2, 0.25) is 0 Å². The van der Waals surface area contributed by atoms with Gasteiger partial charge in [0.05, 0.1) is 6.10 Å². The Balaban J connectivity index is 1.86. The van der Waals surface area contributed by atoms with Gasteiger partial charge in [-0.2, -0.15) is 0 Å². The van der Waals surface area contributed by atoms with Crippen LogP contribution in [0.5, 0.6) is 5.75 Å². The summed E-state index contributed by atoms with van der Waals surface area (Å²) in [5.74, 6) is 0.940. The number of benzene rings is 1. The number of ether oxygens (including phenoxy) is 1. The van der Waals surface area contributed by atoms with Gasteiger partial charge in [0.2, 0.25) is 5.91 Å². The predicted octanol–water partition coefficient (Wildman–Crippen LogP) is 1.97. The molecule has 104 valence electrons. The van der Waals surface area contributed by atoms with E-state index >= 15 is 0 Å². The van der Waals surface area contributed by atoms with Gasteiger partial charge in [-0.15, -0.1) is 0 Å². The maximum atomic E-state index is 11.6. The van der Waals surface area contributed by atoms with Crippen molar-refractivity contribution in [1.29, 1.82) is 0 Å². The second-order valence-electron chi connectivity index (χ2n) is 4.95. The molecule has 4 heteroatoms. The van der Waals surface area contributed by atoms with E-state index < -0.39 is 0 Å². The van der Waals surface area contributed by atoms with E-state index in [9.17, 15) is 4.79 Å². The number of nitrogens with two attached hydrogens (primary N) is 1. The maximum Gasteiger partial charge on any atom is 0.220 e. The molecule has 1 saturated carbocycles. The number of amides is 1. The monoisotopic (exact) mass is 262 g/mol. The summed E-state index contributed by atoms with van der Waals surface area (Å²) in [6.45, 7) is 1.07. The van der Waals surface area contributed by atoms with Crippen molar-refractivity contribution in [2.45, 2.75) is 44.8 Å². The summed E-state index contributed by atoms with van der Waals surface area (Å²) in [4.78, 5) is 11.6. The average Bonchev–Trinajstić information content (AvgIpc) is 2.39. The highest BCUT2D eigenvalue weighted by molar-refractivity contribution is 5.75. The molecular formula is C15H22N2O2. The highest BCUT2D eigenvalue weighted by Gasteiger charge is 2.20. The fourth-order valence-corrected chi connectivity index (χ4v) is 1.98. The second-order valence-corrected chi connectivity index (χ2v) is 4.95. The minimum Gasteiger partial charge on any atom is -0.490 e. The average molecular weight is 262 g/mol. The summed E-state index contributed by atoms with van der Waals surface area (Å²) in [6, 6.07) is 7.90. The molecule has 0 aliphatic heterocycles. The Labute approximate surface area is 114 Å². The fourth-order valence-electron chi connectivity index (χ4n) is 1.98. The van der Waals surface area contributed by atoms with E-state index in [1.165, 1.54) is 6.42 Å². The first-order valence-electron chi connectivity index (χ1n) is 7.01. The first kappa shape index (κ1) is 13.9. The van der Waals surface area contributed by atoms with Crippen LogP contribution < -0.4 is 15.8 Å². The highest BCUT2D eigenvalue weighted by atomic mass is 16.5. The van der Waals surface area contributed by atoms with Crippen molar-refractivity contribution >= 4 is 5.91 Å². The molecule has 0 heterocycles. The Bertz CT molecular complexity index is 416. The van der Waals surface area contributed by atoms with Crippen LogP contribution in [0.3, 0.4) is 0 Å². The molecule has 0 radical (unpaired) electrons. The van der Waals surface area contributed by atoms with Crippen LogP contribution in [-0.4, -0.2) is 18.6 Å². The van der Waals surface area contributed by atoms with E-state index in [0.29, 0.717) is 25.6 Å². The lowest BCUT2D eigenvalue weighted by atomic mass is 9.96. The number of hydrogen-bond acceptors (Lipinski definition) is 3. The van der Waals surface area contributed by atoms with E-state index in [4.69, 9.17) is 10.5 Å². The molecule has 4 nitrogen and oxygen atoms in total. The van der Waals surface area contributed by atoms with Gasteiger partial charge in [0, 0.05) is 18.5 Å². The Morgan fingerprint density at radius 2 is 2.16 bits per heavy atom. The molecule has 0 bridgehead atoms. The Hall–Kier alpha value is -1.55. The van der Waals surface area contributed by atoms with Gasteiger partial charge in [0.1, 0.15) is 5.75 Å². The number of nitrogens with one attached hydrogen (secondary N) is 1. The van der Waals surface area contributed by atoms with E-state index in [-0.39, 0.29) is 5.91 Å². The lowest BCUT2D eigenvalue weighted by Gasteiger charge is -2.27. The van der Waals surface area contributed by atoms with E-state index in [1.807, 2.05) is 24.3 Å². The van der Waals surface area contributed by atoms with Crippen LogP contribution in [0, 0.1) is 0 Å². The van der Waals surface area contributed by atoms with E-state index in [0.717, 1.165) is 30.6 Å². The molecule has 1 fully saturated rings. The Morgan fingerprint density at radius 1 is 1.37 bits per heavy atom. The zero-order chi connectivity index (χ0) is 13.5. The first-order chi connectivity index (χ1) is 9.29. The first-order valence-corrected chi connectivity index (χ1v) is 7.01. The molecule has 1 aliphatic rings. The molecule has 19 heavy (non-hydrogen) atoms. The van der Waals surface area contributed by atoms with Gasteiger partial charge >= 0.3 is 0 Å². The standard InChI is InChI=1S/C15H22N2O2/c16-10-4-9-15(18)17-11-12-5-1-2-8-14(12)19-13-6-3-7-13/h1-2,5,8,13H,3-4,6-7,9-11,16H2,(H,17,18). The van der Waals surface area contributed by atoms with Crippen LogP contribution in [0.1, 0.15) is 37.7 Å². The summed E-state index contributed by atoms with van der Waals surface area (Å²) in [5, 5.41) is 2.91. The largest absolute Gasteiger partial charge is 0.490 e. The van der Waals surface area contributed by atoms with Crippen molar-refractivity contribution in [2.24, 2.45) is 5.73 Å². The van der Waals surface area contributed by atoms with Gasteiger partial charge in [-0.3, -0.25) is 4.79 Å². The van der Waals surface area contributed by atoms with Crippen molar-refractivity contribution in [3.05, 3.63) is 29.8 Å². The van der Waals surface area contributed by atoms with Crippen molar-refractivity contribution < 1.29 is 9.53 Å². The lowest BCUT2D eigenvalue weighted by Crippen LogP contribution is -2.26. The van der Waals surface area contributed by atoms with Gasteiger partial charge in [0.15, 0.2) is 0 Å². The molecule has 1 amide bonds. The lowest BCUT2D eigenvalue weighted by molar-refractivity contribution is -0.121. The third-order valence-corrected chi connectivity index (χ3v) is 3.40. The van der Waals surface area contributed by atoms with Crippen LogP contribution >= 0.6 is 0 Å². The van der Waals surface area contributed by atoms with Gasteiger partial charge < -0.3 is 15.8 Å². The topological polar surface area (TPSA) is 64.4 Å². The minimum absolute atomic E-state index is 0.0453. The summed E-state index contributed by atoms with van der Waals surface area (Å²) >= 11 is 0. The van der Waals surface area contributed by atoms with Crippen molar-refractivity contribution in [1.82, 2.24) is 5.32 Å². The molecule has 0 spiro atoms. The van der Waals surface area contributed by atoms with Crippen LogP contribution in [-0.2, 0) is 11.3 Å². The van der Waals surface area contributed by atoms with Gasteiger partial charge in [-0.25, -0.2) is 0 Å². The van der Waals surface area contributed by atoms with Gasteiger partial charge in [0.25, 0.3) is 0 Å². The SMILES string of the molecule is NCCCC(=O)NCc1ccccc1OC1CCC1. The summed E-state index contributed by atoms with van der Waals surface area (Å²) in [7, 11) is 0. The Kier molecular flexibility index (Phi) is 5.21. The predicted molar refractivity (Wildman–Crippen MR) is 74.8 cm³/mol. The van der Waals surface area contributed by atoms with Crippen LogP contribution in [0.15, 0.2) is 24.3 Å². The van der Waals surface area contributed by atoms with E-state index in [1.54, 1.807) is 0 Å². The second kappa shape index (κ2) is 7.14. The van der Waals surface area contributed by atoms with Gasteiger partial charge in [-0.05, 0) is 38.3 Å². The molecule has 0 aromatic heterocycles. The molecule has 0 unspecified atom stereocenters. The summed E-state index contributed by atoms with van der Waals surface area (Å²) in [6.07, 6.45) is 5.10. The molecule has 0 atom stereocenters. The minimum atomic E-state index is 0.0453. The quantitative estimate of drug-likeness (QED) is 0.789. The maximum absolute atomic E-state index is 11.6. The fraction of sp³-hybridized carbons (Fsp3) is 0.533. The third-order valence-electron chi connectivity index (χ3n) is 3.40. The zero-order valence-electron chi connectivity index (χ0n) is 11.2. The third kappa shape index (κ3) is 4.24. The smallest absolute Gasteiger partial charge is 0.220 e. The number of carbonyl (C=O) groups is 1. The van der Waals surface area contributed by atoms with E-state index in [2.05, 4.69) is 5.32 Å². The summed E-state index contributed by atoms with van der Waals surface area (Å²) < 4.78 is 5.92. The number of hydrogen-bond donors (Lipinski definition) is 2. The van der Waals surface area contributed by atoms with Crippen LogP contribution in [0.4, 0.5) is 0 Å². The van der Waals surface area contributed by atoms with Gasteiger partial charge in [-0.1, -0.05) is 18.2 Å². The highest BCUT2D eigenvalue weighted by Crippen LogP contribution is 2.27. The molecule has 1 aliphatic carbocycles. The molecule has 2 rings (SSSR count). The molecule has 1 aromatic carbocycles. The molecular weight excluding hydrogens is 240 g/mol. The van der Waals surface area contributed by atoms with Crippen molar-refractivity contribution in [3.8, 4) is 5.75 Å². The number of rotatable bonds is 7. The molecule has 3 N–H and O–H groups in total. The zero-order valence-corrected chi connectivity index (χ0v) is 11.2. The van der Waals surface area contributed by atoms with Crippen molar-refractivity contribution in [3.63, 3.8) is 0 Å². The molecule has 0 saturated heterocycles. The van der Waals surface area contributed by atoms with Crippen LogP contribution in [0.25, 0.3) is 0 Å².